The number of aromatic nitrogens is 5. The van der Waals surface area contributed by atoms with Crippen molar-refractivity contribution in [2.45, 2.75) is 31.0 Å². The predicted molar refractivity (Wildman–Crippen MR) is 113 cm³/mol. The molecule has 0 saturated heterocycles. The van der Waals surface area contributed by atoms with E-state index < -0.39 is 0 Å². The highest BCUT2D eigenvalue weighted by Gasteiger charge is 2.13. The lowest BCUT2D eigenvalue weighted by atomic mass is 10.2. The summed E-state index contributed by atoms with van der Waals surface area (Å²) in [5, 5.41) is 10.5. The fraction of sp³-hybridized carbons (Fsp3) is 0.200. The van der Waals surface area contributed by atoms with E-state index in [0.29, 0.717) is 46.4 Å². The number of hydrogen-bond acceptors (Lipinski definition) is 6. The van der Waals surface area contributed by atoms with Crippen LogP contribution in [-0.2, 0) is 18.9 Å². The van der Waals surface area contributed by atoms with Crippen molar-refractivity contribution in [3.63, 3.8) is 0 Å². The molecule has 2 heterocycles. The van der Waals surface area contributed by atoms with Gasteiger partial charge < -0.3 is 14.3 Å². The Morgan fingerprint density at radius 2 is 1.93 bits per heavy atom. The van der Waals surface area contributed by atoms with E-state index >= 15 is 0 Å². The molecule has 2 aromatic heterocycles. The Hall–Kier alpha value is -2.84. The number of ether oxygens (including phenoxy) is 1. The van der Waals surface area contributed by atoms with Crippen LogP contribution in [0.15, 0.2) is 58.5 Å². The quantitative estimate of drug-likeness (QED) is 0.447. The highest BCUT2D eigenvalue weighted by Crippen LogP contribution is 2.22. The SMILES string of the molecule is CCn1c(COc2ccc(Cl)cc2)nnc1SCc1nc2ccccc2c(=O)[nH]1. The lowest BCUT2D eigenvalue weighted by molar-refractivity contribution is 0.288. The number of para-hydroxylation sites is 1. The number of rotatable bonds is 7. The third-order valence-corrected chi connectivity index (χ3v) is 5.52. The van der Waals surface area contributed by atoms with Crippen LogP contribution in [0.1, 0.15) is 18.6 Å². The van der Waals surface area contributed by atoms with Crippen LogP contribution in [0.2, 0.25) is 5.02 Å². The van der Waals surface area contributed by atoms with E-state index in [-0.39, 0.29) is 5.56 Å². The lowest BCUT2D eigenvalue weighted by Gasteiger charge is -2.09. The fourth-order valence-corrected chi connectivity index (χ4v) is 3.88. The number of fused-ring (bicyclic) bond motifs is 1. The number of nitrogens with one attached hydrogen (secondary N) is 1. The fourth-order valence-electron chi connectivity index (χ4n) is 2.87. The monoisotopic (exact) mass is 427 g/mol. The van der Waals surface area contributed by atoms with Gasteiger partial charge in [-0.25, -0.2) is 4.98 Å². The molecular weight excluding hydrogens is 410 g/mol. The topological polar surface area (TPSA) is 85.7 Å². The molecule has 7 nitrogen and oxygen atoms in total. The second-order valence-corrected chi connectivity index (χ2v) is 7.58. The van der Waals surface area contributed by atoms with Crippen LogP contribution in [0, 0.1) is 0 Å². The number of halogens is 1. The molecule has 0 radical (unpaired) electrons. The molecule has 0 aliphatic carbocycles. The summed E-state index contributed by atoms with van der Waals surface area (Å²) in [6.45, 7) is 3.03. The molecule has 1 N–H and O–H groups in total. The van der Waals surface area contributed by atoms with Gasteiger partial charge in [-0.1, -0.05) is 35.5 Å². The average Bonchev–Trinajstić information content (AvgIpc) is 3.14. The molecule has 0 amide bonds. The summed E-state index contributed by atoms with van der Waals surface area (Å²) in [5.74, 6) is 2.52. The molecule has 0 bridgehead atoms. The number of aromatic amines is 1. The molecule has 0 aliphatic heterocycles. The Kier molecular flexibility index (Phi) is 5.82. The first-order valence-corrected chi connectivity index (χ1v) is 10.4. The van der Waals surface area contributed by atoms with E-state index in [9.17, 15) is 4.79 Å². The van der Waals surface area contributed by atoms with Gasteiger partial charge in [-0.15, -0.1) is 10.2 Å². The minimum Gasteiger partial charge on any atom is -0.486 e. The van der Waals surface area contributed by atoms with Gasteiger partial charge in [-0.3, -0.25) is 4.79 Å². The molecule has 2 aromatic carbocycles. The first-order chi connectivity index (χ1) is 14.1. The third kappa shape index (κ3) is 4.44. The Balaban J connectivity index is 1.46. The molecule has 9 heteroatoms. The maximum absolute atomic E-state index is 12.2. The maximum Gasteiger partial charge on any atom is 0.258 e. The van der Waals surface area contributed by atoms with Crippen molar-refractivity contribution in [2.75, 3.05) is 0 Å². The minimum atomic E-state index is -0.139. The molecule has 0 unspecified atom stereocenters. The average molecular weight is 428 g/mol. The number of thioether (sulfide) groups is 1. The zero-order chi connectivity index (χ0) is 20.2. The van der Waals surface area contributed by atoms with Crippen LogP contribution < -0.4 is 10.3 Å². The van der Waals surface area contributed by atoms with Gasteiger partial charge in [0, 0.05) is 11.6 Å². The van der Waals surface area contributed by atoms with Gasteiger partial charge in [0.25, 0.3) is 5.56 Å². The second kappa shape index (κ2) is 8.67. The van der Waals surface area contributed by atoms with Crippen molar-refractivity contribution in [3.05, 3.63) is 75.6 Å². The van der Waals surface area contributed by atoms with Crippen LogP contribution in [0.4, 0.5) is 0 Å². The van der Waals surface area contributed by atoms with Crippen molar-refractivity contribution >= 4 is 34.3 Å². The summed E-state index contributed by atoms with van der Waals surface area (Å²) in [7, 11) is 0. The van der Waals surface area contributed by atoms with Crippen LogP contribution in [0.25, 0.3) is 10.9 Å². The van der Waals surface area contributed by atoms with Gasteiger partial charge >= 0.3 is 0 Å². The van der Waals surface area contributed by atoms with Crippen LogP contribution in [-0.4, -0.2) is 24.7 Å². The first kappa shape index (κ1) is 19.5. The molecular formula is C20H18ClN5O2S. The standard InChI is InChI=1S/C20H18ClN5O2S/c1-2-26-18(11-28-14-9-7-13(21)8-10-14)24-25-20(26)29-12-17-22-16-6-4-3-5-15(16)19(27)23-17/h3-10H,2,11-12H2,1H3,(H,22,23,27). The number of H-pyrrole nitrogens is 1. The van der Waals surface area contributed by atoms with E-state index in [4.69, 9.17) is 16.3 Å². The Morgan fingerprint density at radius 3 is 2.72 bits per heavy atom. The van der Waals surface area contributed by atoms with Gasteiger partial charge in [-0.05, 0) is 43.3 Å². The first-order valence-electron chi connectivity index (χ1n) is 9.05. The van der Waals surface area contributed by atoms with Gasteiger partial charge in [0.05, 0.1) is 16.7 Å². The van der Waals surface area contributed by atoms with Gasteiger partial charge in [0.1, 0.15) is 18.2 Å². The van der Waals surface area contributed by atoms with Crippen LogP contribution in [0.3, 0.4) is 0 Å². The normalized spacial score (nSPS) is 11.1. The lowest BCUT2D eigenvalue weighted by Crippen LogP contribution is -2.11. The summed E-state index contributed by atoms with van der Waals surface area (Å²) in [4.78, 5) is 19.6. The summed E-state index contributed by atoms with van der Waals surface area (Å²) >= 11 is 7.37. The van der Waals surface area contributed by atoms with Crippen LogP contribution in [0.5, 0.6) is 5.75 Å². The third-order valence-electron chi connectivity index (χ3n) is 4.29. The highest BCUT2D eigenvalue weighted by molar-refractivity contribution is 7.98. The molecule has 4 rings (SSSR count). The molecule has 0 spiro atoms. The highest BCUT2D eigenvalue weighted by atomic mass is 35.5. The molecule has 29 heavy (non-hydrogen) atoms. The summed E-state index contributed by atoms with van der Waals surface area (Å²) in [6.07, 6.45) is 0. The summed E-state index contributed by atoms with van der Waals surface area (Å²) < 4.78 is 7.76. The Labute approximate surface area is 176 Å². The van der Waals surface area contributed by atoms with Gasteiger partial charge in [0.2, 0.25) is 0 Å². The minimum absolute atomic E-state index is 0.139. The zero-order valence-electron chi connectivity index (χ0n) is 15.6. The predicted octanol–water partition coefficient (Wildman–Crippen LogP) is 4.06. The number of hydrogen-bond donors (Lipinski definition) is 1. The number of nitrogens with zero attached hydrogens (tertiary/aromatic N) is 4. The van der Waals surface area contributed by atoms with Gasteiger partial charge in [0.15, 0.2) is 11.0 Å². The van der Waals surface area contributed by atoms with Crippen molar-refractivity contribution in [3.8, 4) is 5.75 Å². The van der Waals surface area contributed by atoms with E-state index in [1.807, 2.05) is 41.8 Å². The van der Waals surface area contributed by atoms with Crippen molar-refractivity contribution in [2.24, 2.45) is 0 Å². The molecule has 0 saturated carbocycles. The van der Waals surface area contributed by atoms with E-state index in [1.165, 1.54) is 11.8 Å². The smallest absolute Gasteiger partial charge is 0.258 e. The van der Waals surface area contributed by atoms with Crippen molar-refractivity contribution in [1.29, 1.82) is 0 Å². The number of benzene rings is 2. The van der Waals surface area contributed by atoms with Crippen molar-refractivity contribution in [1.82, 2.24) is 24.7 Å². The molecule has 0 fully saturated rings. The van der Waals surface area contributed by atoms with Crippen molar-refractivity contribution < 1.29 is 4.74 Å². The molecule has 0 aliphatic rings. The molecule has 4 aromatic rings. The van der Waals surface area contributed by atoms with Gasteiger partial charge in [-0.2, -0.15) is 0 Å². The molecule has 0 atom stereocenters. The summed E-state index contributed by atoms with van der Waals surface area (Å²) in [5.41, 5.74) is 0.543. The van der Waals surface area contributed by atoms with E-state index in [0.717, 1.165) is 11.0 Å². The Bertz CT molecular complexity index is 1190. The molecule has 148 valence electrons. The largest absolute Gasteiger partial charge is 0.486 e. The second-order valence-electron chi connectivity index (χ2n) is 6.20. The summed E-state index contributed by atoms with van der Waals surface area (Å²) in [6, 6.07) is 14.5. The van der Waals surface area contributed by atoms with E-state index in [2.05, 4.69) is 20.2 Å². The van der Waals surface area contributed by atoms with Crippen LogP contribution >= 0.6 is 23.4 Å². The maximum atomic E-state index is 12.2. The Morgan fingerprint density at radius 1 is 1.14 bits per heavy atom. The zero-order valence-corrected chi connectivity index (χ0v) is 17.2. The van der Waals surface area contributed by atoms with E-state index in [1.54, 1.807) is 18.2 Å².